The number of benzene rings is 1. The van der Waals surface area contributed by atoms with Gasteiger partial charge >= 0.3 is 0 Å². The van der Waals surface area contributed by atoms with E-state index in [0.29, 0.717) is 19.5 Å². The van der Waals surface area contributed by atoms with Crippen LogP contribution in [0.1, 0.15) is 11.1 Å². The first-order valence-electron chi connectivity index (χ1n) is 5.83. The molecule has 0 aliphatic rings. The van der Waals surface area contributed by atoms with E-state index in [-0.39, 0.29) is 12.5 Å². The van der Waals surface area contributed by atoms with Gasteiger partial charge in [0.2, 0.25) is 5.91 Å². The lowest BCUT2D eigenvalue weighted by Gasteiger charge is -2.11. The van der Waals surface area contributed by atoms with Crippen molar-refractivity contribution in [3.05, 3.63) is 29.3 Å². The molecule has 18 heavy (non-hydrogen) atoms. The zero-order chi connectivity index (χ0) is 13.4. The van der Waals surface area contributed by atoms with Gasteiger partial charge in [0, 0.05) is 18.8 Å². The van der Waals surface area contributed by atoms with E-state index >= 15 is 0 Å². The molecule has 96 valence electrons. The number of hydrogen-bond donors (Lipinski definition) is 3. The van der Waals surface area contributed by atoms with Crippen LogP contribution in [0.2, 0.25) is 0 Å². The maximum absolute atomic E-state index is 10.5. The third-order valence-electron chi connectivity index (χ3n) is 2.50. The van der Waals surface area contributed by atoms with Crippen molar-refractivity contribution in [2.75, 3.05) is 25.0 Å². The molecule has 0 spiro atoms. The van der Waals surface area contributed by atoms with Crippen molar-refractivity contribution in [2.45, 2.75) is 13.3 Å². The van der Waals surface area contributed by atoms with Gasteiger partial charge in [0.05, 0.1) is 19.0 Å². The molecule has 0 bridgehead atoms. The number of nitriles is 1. The summed E-state index contributed by atoms with van der Waals surface area (Å²) >= 11 is 0. The molecule has 0 fully saturated rings. The summed E-state index contributed by atoms with van der Waals surface area (Å²) in [4.78, 5) is 10.5. The van der Waals surface area contributed by atoms with E-state index in [1.807, 2.05) is 25.1 Å². The number of nitrogens with one attached hydrogen (secondary N) is 2. The molecular weight excluding hydrogens is 228 g/mol. The van der Waals surface area contributed by atoms with Crippen LogP contribution >= 0.6 is 0 Å². The molecule has 0 heterocycles. The molecule has 0 saturated carbocycles. The molecule has 0 aliphatic carbocycles. The molecule has 0 saturated heterocycles. The Kier molecular flexibility index (Phi) is 5.68. The van der Waals surface area contributed by atoms with E-state index in [0.717, 1.165) is 16.8 Å². The van der Waals surface area contributed by atoms with Crippen LogP contribution in [0.5, 0.6) is 0 Å². The van der Waals surface area contributed by atoms with E-state index in [4.69, 9.17) is 11.0 Å². The van der Waals surface area contributed by atoms with Gasteiger partial charge in [0.15, 0.2) is 0 Å². The lowest BCUT2D eigenvalue weighted by molar-refractivity contribution is -0.117. The molecule has 5 heteroatoms. The second-order valence-corrected chi connectivity index (χ2v) is 4.05. The third-order valence-corrected chi connectivity index (χ3v) is 2.50. The van der Waals surface area contributed by atoms with Gasteiger partial charge in [-0.05, 0) is 24.1 Å². The van der Waals surface area contributed by atoms with Crippen LogP contribution in [0.4, 0.5) is 5.69 Å². The predicted molar refractivity (Wildman–Crippen MR) is 71.0 cm³/mol. The highest BCUT2D eigenvalue weighted by molar-refractivity contribution is 5.75. The first-order valence-corrected chi connectivity index (χ1v) is 5.83. The SMILES string of the molecule is Cc1ccc(CC#N)cc1NCCNCC(N)=O. The van der Waals surface area contributed by atoms with E-state index in [9.17, 15) is 4.79 Å². The van der Waals surface area contributed by atoms with Crippen molar-refractivity contribution in [1.82, 2.24) is 5.32 Å². The second kappa shape index (κ2) is 7.30. The van der Waals surface area contributed by atoms with Crippen molar-refractivity contribution in [2.24, 2.45) is 5.73 Å². The summed E-state index contributed by atoms with van der Waals surface area (Å²) in [7, 11) is 0. The summed E-state index contributed by atoms with van der Waals surface area (Å²) in [5.74, 6) is -0.359. The summed E-state index contributed by atoms with van der Waals surface area (Å²) in [6, 6.07) is 8.05. The predicted octanol–water partition coefficient (Wildman–Crippen LogP) is 0.548. The van der Waals surface area contributed by atoms with Gasteiger partial charge in [-0.15, -0.1) is 0 Å². The van der Waals surface area contributed by atoms with Crippen LogP contribution in [0.3, 0.4) is 0 Å². The molecule has 0 aliphatic heterocycles. The molecule has 0 atom stereocenters. The molecule has 0 aromatic heterocycles. The normalized spacial score (nSPS) is 9.78. The van der Waals surface area contributed by atoms with Crippen LogP contribution in [0.15, 0.2) is 18.2 Å². The number of primary amides is 1. The molecule has 1 rings (SSSR count). The molecule has 0 radical (unpaired) electrons. The monoisotopic (exact) mass is 246 g/mol. The van der Waals surface area contributed by atoms with Crippen LogP contribution in [0.25, 0.3) is 0 Å². The lowest BCUT2D eigenvalue weighted by atomic mass is 10.1. The molecule has 0 unspecified atom stereocenters. The van der Waals surface area contributed by atoms with Crippen molar-refractivity contribution in [3.8, 4) is 6.07 Å². The van der Waals surface area contributed by atoms with Crippen molar-refractivity contribution in [3.63, 3.8) is 0 Å². The third kappa shape index (κ3) is 4.85. The summed E-state index contributed by atoms with van der Waals surface area (Å²) in [5.41, 5.74) is 8.16. The molecule has 1 aromatic carbocycles. The van der Waals surface area contributed by atoms with Crippen LogP contribution < -0.4 is 16.4 Å². The molecule has 5 nitrogen and oxygen atoms in total. The van der Waals surface area contributed by atoms with Gasteiger partial charge in [-0.3, -0.25) is 4.79 Å². The number of aryl methyl sites for hydroxylation is 1. The van der Waals surface area contributed by atoms with E-state index in [1.54, 1.807) is 0 Å². The van der Waals surface area contributed by atoms with Crippen molar-refractivity contribution < 1.29 is 4.79 Å². The summed E-state index contributed by atoms with van der Waals surface area (Å²) in [6.07, 6.45) is 0.412. The minimum atomic E-state index is -0.359. The van der Waals surface area contributed by atoms with Crippen LogP contribution in [0, 0.1) is 18.3 Å². The number of hydrogen-bond acceptors (Lipinski definition) is 4. The van der Waals surface area contributed by atoms with E-state index < -0.39 is 0 Å². The van der Waals surface area contributed by atoms with Gasteiger partial charge in [-0.1, -0.05) is 12.1 Å². The number of nitrogens with zero attached hydrogens (tertiary/aromatic N) is 1. The van der Waals surface area contributed by atoms with Crippen LogP contribution in [-0.2, 0) is 11.2 Å². The summed E-state index contributed by atoms with van der Waals surface area (Å²) in [5, 5.41) is 14.8. The summed E-state index contributed by atoms with van der Waals surface area (Å²) < 4.78 is 0. The van der Waals surface area contributed by atoms with Crippen LogP contribution in [-0.4, -0.2) is 25.5 Å². The average molecular weight is 246 g/mol. The van der Waals surface area contributed by atoms with Gasteiger partial charge in [0.25, 0.3) is 0 Å². The van der Waals surface area contributed by atoms with Gasteiger partial charge in [-0.2, -0.15) is 5.26 Å². The maximum atomic E-state index is 10.5. The van der Waals surface area contributed by atoms with Crippen molar-refractivity contribution >= 4 is 11.6 Å². The number of carbonyl (C=O) groups is 1. The molecular formula is C13H18N4O. The molecule has 4 N–H and O–H groups in total. The minimum absolute atomic E-state index is 0.190. The van der Waals surface area contributed by atoms with Crippen molar-refractivity contribution in [1.29, 1.82) is 5.26 Å². The highest BCUT2D eigenvalue weighted by Crippen LogP contribution is 2.16. The van der Waals surface area contributed by atoms with E-state index in [1.165, 1.54) is 0 Å². The van der Waals surface area contributed by atoms with Gasteiger partial charge in [0.1, 0.15) is 0 Å². The number of nitrogens with two attached hydrogens (primary N) is 1. The topological polar surface area (TPSA) is 90.9 Å². The fourth-order valence-corrected chi connectivity index (χ4v) is 1.56. The number of rotatable bonds is 7. The highest BCUT2D eigenvalue weighted by atomic mass is 16.1. The Morgan fingerprint density at radius 3 is 2.89 bits per heavy atom. The second-order valence-electron chi connectivity index (χ2n) is 4.05. The summed E-state index contributed by atoms with van der Waals surface area (Å²) in [6.45, 7) is 3.56. The average Bonchev–Trinajstić information content (AvgIpc) is 2.32. The Morgan fingerprint density at radius 2 is 2.22 bits per heavy atom. The fourth-order valence-electron chi connectivity index (χ4n) is 1.56. The van der Waals surface area contributed by atoms with Gasteiger partial charge < -0.3 is 16.4 Å². The zero-order valence-corrected chi connectivity index (χ0v) is 10.5. The maximum Gasteiger partial charge on any atom is 0.231 e. The van der Waals surface area contributed by atoms with Gasteiger partial charge in [-0.25, -0.2) is 0 Å². The number of amides is 1. The Hall–Kier alpha value is -2.06. The largest absolute Gasteiger partial charge is 0.384 e. The standard InChI is InChI=1S/C13H18N4O/c1-10-2-3-11(4-5-14)8-12(10)17-7-6-16-9-13(15)18/h2-3,8,16-17H,4,6-7,9H2,1H3,(H2,15,18). The Balaban J connectivity index is 2.43. The highest BCUT2D eigenvalue weighted by Gasteiger charge is 2.00. The molecule has 1 amide bonds. The number of carbonyl (C=O) groups excluding carboxylic acids is 1. The smallest absolute Gasteiger partial charge is 0.231 e. The first-order chi connectivity index (χ1) is 8.63. The zero-order valence-electron chi connectivity index (χ0n) is 10.5. The lowest BCUT2D eigenvalue weighted by Crippen LogP contribution is -2.31. The van der Waals surface area contributed by atoms with E-state index in [2.05, 4.69) is 16.7 Å². The number of anilines is 1. The Morgan fingerprint density at radius 1 is 1.44 bits per heavy atom. The molecule has 1 aromatic rings. The fraction of sp³-hybridized carbons (Fsp3) is 0.385. The Bertz CT molecular complexity index is 451. The minimum Gasteiger partial charge on any atom is -0.384 e. The Labute approximate surface area is 107 Å². The quantitative estimate of drug-likeness (QED) is 0.613. The first kappa shape index (κ1) is 14.0.